The van der Waals surface area contributed by atoms with Gasteiger partial charge in [0, 0.05) is 13.0 Å². The molecule has 5 heteroatoms. The second kappa shape index (κ2) is 4.98. The Balaban J connectivity index is 2.04. The minimum atomic E-state index is -0.366. The van der Waals surface area contributed by atoms with Crippen LogP contribution in [0.2, 0.25) is 0 Å². The number of rotatable bonds is 3. The van der Waals surface area contributed by atoms with Gasteiger partial charge in [-0.1, -0.05) is 6.07 Å². The highest BCUT2D eigenvalue weighted by Gasteiger charge is 2.47. The summed E-state index contributed by atoms with van der Waals surface area (Å²) >= 11 is 0. The van der Waals surface area contributed by atoms with Crippen LogP contribution < -0.4 is 14.8 Å². The molecule has 1 atom stereocenters. The van der Waals surface area contributed by atoms with Crippen LogP contribution in [0.15, 0.2) is 18.2 Å². The van der Waals surface area contributed by atoms with Gasteiger partial charge in [-0.3, -0.25) is 10.1 Å². The first-order chi connectivity index (χ1) is 9.71. The van der Waals surface area contributed by atoms with Gasteiger partial charge in [-0.2, -0.15) is 0 Å². The predicted octanol–water partition coefficient (Wildman–Crippen LogP) is 1.47. The number of benzene rings is 1. The standard InChI is InChI=1S/C15H20N2O3/c1-19-12-5-4-11(10-13(12)20-2)15-7-6-14(18)17(15)9-3-8-16-15/h4-5,10,16H,3,6-9H2,1-2H3/t15-/m0/s1. The minimum absolute atomic E-state index is 0.229. The van der Waals surface area contributed by atoms with E-state index in [4.69, 9.17) is 9.47 Å². The van der Waals surface area contributed by atoms with Gasteiger partial charge >= 0.3 is 0 Å². The fourth-order valence-corrected chi connectivity index (χ4v) is 3.30. The molecule has 5 nitrogen and oxygen atoms in total. The first kappa shape index (κ1) is 13.2. The third-order valence-electron chi connectivity index (χ3n) is 4.30. The number of hydrogen-bond acceptors (Lipinski definition) is 4. The highest BCUT2D eigenvalue weighted by atomic mass is 16.5. The Morgan fingerprint density at radius 2 is 2.05 bits per heavy atom. The van der Waals surface area contributed by atoms with E-state index in [2.05, 4.69) is 5.32 Å². The van der Waals surface area contributed by atoms with Gasteiger partial charge in [0.1, 0.15) is 5.66 Å². The molecule has 2 aliphatic rings. The van der Waals surface area contributed by atoms with Crippen LogP contribution in [0, 0.1) is 0 Å². The maximum atomic E-state index is 12.1. The quantitative estimate of drug-likeness (QED) is 0.908. The Hall–Kier alpha value is -1.75. The topological polar surface area (TPSA) is 50.8 Å². The predicted molar refractivity (Wildman–Crippen MR) is 74.8 cm³/mol. The molecule has 0 aliphatic carbocycles. The number of methoxy groups -OCH3 is 2. The van der Waals surface area contributed by atoms with Crippen LogP contribution in [0.3, 0.4) is 0 Å². The molecular formula is C15H20N2O3. The van der Waals surface area contributed by atoms with E-state index >= 15 is 0 Å². The fraction of sp³-hybridized carbons (Fsp3) is 0.533. The van der Waals surface area contributed by atoms with Crippen LogP contribution in [0.5, 0.6) is 11.5 Å². The number of fused-ring (bicyclic) bond motifs is 1. The Labute approximate surface area is 118 Å². The number of ether oxygens (including phenoxy) is 2. The van der Waals surface area contributed by atoms with Crippen molar-refractivity contribution in [1.29, 1.82) is 0 Å². The van der Waals surface area contributed by atoms with Gasteiger partial charge in [0.2, 0.25) is 5.91 Å². The van der Waals surface area contributed by atoms with E-state index in [9.17, 15) is 4.79 Å². The maximum Gasteiger partial charge on any atom is 0.224 e. The van der Waals surface area contributed by atoms with Crippen LogP contribution in [-0.2, 0) is 10.5 Å². The molecule has 1 aromatic carbocycles. The summed E-state index contributed by atoms with van der Waals surface area (Å²) in [5.74, 6) is 1.64. The average molecular weight is 276 g/mol. The lowest BCUT2D eigenvalue weighted by molar-refractivity contribution is -0.133. The Bertz CT molecular complexity index is 532. The highest BCUT2D eigenvalue weighted by Crippen LogP contribution is 2.41. The summed E-state index contributed by atoms with van der Waals surface area (Å²) in [6, 6.07) is 5.90. The Morgan fingerprint density at radius 3 is 2.80 bits per heavy atom. The van der Waals surface area contributed by atoms with Gasteiger partial charge in [-0.25, -0.2) is 0 Å². The second-order valence-corrected chi connectivity index (χ2v) is 5.26. The zero-order valence-corrected chi connectivity index (χ0v) is 11.9. The number of carbonyl (C=O) groups excluding carboxylic acids is 1. The Kier molecular flexibility index (Phi) is 3.30. The van der Waals surface area contributed by atoms with Crippen LogP contribution >= 0.6 is 0 Å². The zero-order valence-electron chi connectivity index (χ0n) is 11.9. The lowest BCUT2D eigenvalue weighted by atomic mass is 9.94. The third-order valence-corrected chi connectivity index (χ3v) is 4.30. The van der Waals surface area contributed by atoms with E-state index in [-0.39, 0.29) is 11.6 Å². The van der Waals surface area contributed by atoms with Crippen molar-refractivity contribution in [2.45, 2.75) is 24.9 Å². The molecule has 3 rings (SSSR count). The molecule has 0 spiro atoms. The van der Waals surface area contributed by atoms with Crippen molar-refractivity contribution in [2.24, 2.45) is 0 Å². The molecule has 2 fully saturated rings. The minimum Gasteiger partial charge on any atom is -0.493 e. The zero-order chi connectivity index (χ0) is 14.2. The molecule has 0 radical (unpaired) electrons. The van der Waals surface area contributed by atoms with Crippen LogP contribution in [0.4, 0.5) is 0 Å². The maximum absolute atomic E-state index is 12.1. The fourth-order valence-electron chi connectivity index (χ4n) is 3.30. The third kappa shape index (κ3) is 1.85. The van der Waals surface area contributed by atoms with Crippen molar-refractivity contribution in [2.75, 3.05) is 27.3 Å². The van der Waals surface area contributed by atoms with E-state index in [0.29, 0.717) is 17.9 Å². The largest absolute Gasteiger partial charge is 0.493 e. The van der Waals surface area contributed by atoms with Crippen molar-refractivity contribution in [3.63, 3.8) is 0 Å². The molecule has 0 bridgehead atoms. The molecule has 2 saturated heterocycles. The van der Waals surface area contributed by atoms with Crippen LogP contribution in [0.25, 0.3) is 0 Å². The number of hydrogen-bond donors (Lipinski definition) is 1. The molecule has 0 aromatic heterocycles. The van der Waals surface area contributed by atoms with E-state index in [1.54, 1.807) is 14.2 Å². The summed E-state index contributed by atoms with van der Waals surface area (Å²) in [5, 5.41) is 3.54. The van der Waals surface area contributed by atoms with Crippen molar-refractivity contribution in [3.8, 4) is 11.5 Å². The molecule has 1 aromatic rings. The molecule has 0 saturated carbocycles. The van der Waals surface area contributed by atoms with Crippen molar-refractivity contribution >= 4 is 5.91 Å². The van der Waals surface area contributed by atoms with Crippen LogP contribution in [-0.4, -0.2) is 38.1 Å². The lowest BCUT2D eigenvalue weighted by Gasteiger charge is -2.43. The lowest BCUT2D eigenvalue weighted by Crippen LogP contribution is -2.58. The monoisotopic (exact) mass is 276 g/mol. The van der Waals surface area contributed by atoms with E-state index in [1.165, 1.54) is 0 Å². The van der Waals surface area contributed by atoms with Gasteiger partial charge in [-0.05, 0) is 37.1 Å². The van der Waals surface area contributed by atoms with E-state index in [1.807, 2.05) is 23.1 Å². The normalized spacial score (nSPS) is 25.5. The summed E-state index contributed by atoms with van der Waals surface area (Å²) < 4.78 is 10.7. The molecular weight excluding hydrogens is 256 g/mol. The first-order valence-electron chi connectivity index (χ1n) is 6.99. The second-order valence-electron chi connectivity index (χ2n) is 5.26. The molecule has 1 amide bonds. The highest BCUT2D eigenvalue weighted by molar-refractivity contribution is 5.80. The van der Waals surface area contributed by atoms with Gasteiger partial charge in [0.15, 0.2) is 11.5 Å². The summed E-state index contributed by atoms with van der Waals surface area (Å²) in [6.07, 6.45) is 2.41. The molecule has 108 valence electrons. The van der Waals surface area contributed by atoms with Gasteiger partial charge in [-0.15, -0.1) is 0 Å². The summed E-state index contributed by atoms with van der Waals surface area (Å²) in [4.78, 5) is 14.1. The summed E-state index contributed by atoms with van der Waals surface area (Å²) in [6.45, 7) is 1.75. The van der Waals surface area contributed by atoms with Crippen molar-refractivity contribution in [3.05, 3.63) is 23.8 Å². The van der Waals surface area contributed by atoms with Gasteiger partial charge < -0.3 is 14.4 Å². The summed E-state index contributed by atoms with van der Waals surface area (Å²) in [7, 11) is 3.26. The smallest absolute Gasteiger partial charge is 0.224 e. The van der Waals surface area contributed by atoms with E-state index < -0.39 is 0 Å². The molecule has 0 unspecified atom stereocenters. The van der Waals surface area contributed by atoms with Gasteiger partial charge in [0.05, 0.1) is 14.2 Å². The molecule has 2 heterocycles. The van der Waals surface area contributed by atoms with E-state index in [0.717, 1.165) is 31.5 Å². The number of nitrogens with one attached hydrogen (secondary N) is 1. The average Bonchev–Trinajstić information content (AvgIpc) is 2.85. The number of carbonyl (C=O) groups is 1. The number of amides is 1. The molecule has 2 aliphatic heterocycles. The van der Waals surface area contributed by atoms with Gasteiger partial charge in [0.25, 0.3) is 0 Å². The SMILES string of the molecule is COc1ccc([C@]23CCC(=O)N2CCCN3)cc1OC. The first-order valence-corrected chi connectivity index (χ1v) is 6.99. The van der Waals surface area contributed by atoms with Crippen molar-refractivity contribution < 1.29 is 14.3 Å². The summed E-state index contributed by atoms with van der Waals surface area (Å²) in [5.41, 5.74) is 0.704. The molecule has 1 N–H and O–H groups in total. The molecule has 20 heavy (non-hydrogen) atoms. The number of nitrogens with zero attached hydrogens (tertiary/aromatic N) is 1. The Morgan fingerprint density at radius 1 is 1.25 bits per heavy atom. The van der Waals surface area contributed by atoms with Crippen LogP contribution in [0.1, 0.15) is 24.8 Å². The van der Waals surface area contributed by atoms with Crippen molar-refractivity contribution in [1.82, 2.24) is 10.2 Å².